The normalized spacial score (nSPS) is 15.3. The van der Waals surface area contributed by atoms with E-state index in [9.17, 15) is 29.3 Å². The van der Waals surface area contributed by atoms with Crippen molar-refractivity contribution in [3.05, 3.63) is 48.6 Å². The van der Waals surface area contributed by atoms with Crippen LogP contribution in [0.5, 0.6) is 0 Å². The van der Waals surface area contributed by atoms with E-state index in [0.29, 0.717) is 17.4 Å². The highest BCUT2D eigenvalue weighted by atomic mass is 31.2. The number of carbonyl (C=O) groups excluding carboxylic acids is 2. The van der Waals surface area contributed by atoms with Crippen LogP contribution in [0.3, 0.4) is 0 Å². The summed E-state index contributed by atoms with van der Waals surface area (Å²) in [5, 5.41) is 20.7. The van der Waals surface area contributed by atoms with Crippen LogP contribution in [0.25, 0.3) is 0 Å². The molecule has 12 heteroatoms. The number of likely N-dealkylation sites (N-methyl/N-ethyl adjacent to an activating group) is 1. The molecule has 3 N–H and O–H groups in total. The molecule has 314 valence electrons. The Morgan fingerprint density at radius 3 is 1.72 bits per heavy atom. The average molecular weight is 787 g/mol. The zero-order chi connectivity index (χ0) is 40.3. The number of carbonyl (C=O) groups is 2. The molecule has 4 atom stereocenters. The average Bonchev–Trinajstić information content (AvgIpc) is 3.11. The number of unbranched alkanes of at least 4 members (excludes halogenated alkanes) is 10. The van der Waals surface area contributed by atoms with Gasteiger partial charge in [-0.3, -0.25) is 18.6 Å². The lowest BCUT2D eigenvalue weighted by Gasteiger charge is -2.24. The van der Waals surface area contributed by atoms with Crippen molar-refractivity contribution in [2.75, 3.05) is 47.5 Å². The van der Waals surface area contributed by atoms with Crippen LogP contribution in [0.4, 0.5) is 0 Å². The van der Waals surface area contributed by atoms with Gasteiger partial charge in [0.15, 0.2) is 6.10 Å². The topological polar surface area (TPSA) is 149 Å². The number of hydrogen-bond acceptors (Lipinski definition) is 9. The zero-order valence-corrected chi connectivity index (χ0v) is 35.3. The largest absolute Gasteiger partial charge is 0.472 e. The molecule has 0 amide bonds. The number of phosphoric ester groups is 1. The van der Waals surface area contributed by atoms with E-state index in [2.05, 4.69) is 50.3 Å². The van der Waals surface area contributed by atoms with E-state index in [4.69, 9.17) is 18.5 Å². The van der Waals surface area contributed by atoms with Gasteiger partial charge in [0.05, 0.1) is 40.0 Å². The Balaban J connectivity index is 4.67. The van der Waals surface area contributed by atoms with Crippen molar-refractivity contribution in [3.8, 4) is 0 Å². The fraction of sp³-hybridized carbons (Fsp3) is 0.762. The molecule has 0 aliphatic carbocycles. The van der Waals surface area contributed by atoms with Crippen LogP contribution in [-0.2, 0) is 32.7 Å². The number of aliphatic hydroxyl groups is 2. The standard InChI is InChI=1S/C42H76NO10P/c1-6-8-10-12-14-16-18-20-21-23-25-27-30-39(44)40(45)31-29-33-42(47)53-38(37-52-54(48,49)51-35-34-43(3,4)5)36-50-41(46)32-28-26-24-22-19-17-15-13-11-9-7-2/h8,10,14,16,20-21,25,27,38-40,44-45H,6-7,9,11-13,15,17-19,22-24,26,28-37H2,1-5H3/p+1/b10-8-,16-14-,21-20-,27-25-/t38-,39-,40-/m1/s1. The molecular formula is C42H77NO10P+. The summed E-state index contributed by atoms with van der Waals surface area (Å²) in [5.74, 6) is -1.09. The van der Waals surface area contributed by atoms with E-state index >= 15 is 0 Å². The number of quaternary nitrogens is 1. The Bertz CT molecular complexity index is 1100. The molecule has 0 radical (unpaired) electrons. The van der Waals surface area contributed by atoms with E-state index in [0.717, 1.165) is 44.9 Å². The first-order chi connectivity index (χ1) is 25.8. The van der Waals surface area contributed by atoms with Crippen LogP contribution in [0.2, 0.25) is 0 Å². The molecule has 1 unspecified atom stereocenters. The Morgan fingerprint density at radius 1 is 0.648 bits per heavy atom. The summed E-state index contributed by atoms with van der Waals surface area (Å²) in [6.07, 6.45) is 30.5. The van der Waals surface area contributed by atoms with E-state index in [1.807, 2.05) is 33.3 Å². The zero-order valence-electron chi connectivity index (χ0n) is 34.4. The molecule has 11 nitrogen and oxygen atoms in total. The third-order valence-electron chi connectivity index (χ3n) is 8.57. The second-order valence-electron chi connectivity index (χ2n) is 15.0. The number of phosphoric acid groups is 1. The predicted octanol–water partition coefficient (Wildman–Crippen LogP) is 9.07. The lowest BCUT2D eigenvalue weighted by Crippen LogP contribution is -2.37. The number of aliphatic hydroxyl groups excluding tert-OH is 2. The van der Waals surface area contributed by atoms with Gasteiger partial charge in [-0.1, -0.05) is 127 Å². The molecule has 0 aliphatic heterocycles. The number of esters is 2. The lowest BCUT2D eigenvalue weighted by atomic mass is 10.0. The first-order valence-corrected chi connectivity index (χ1v) is 22.0. The fourth-order valence-corrected chi connectivity index (χ4v) is 5.96. The number of allylic oxidation sites excluding steroid dienone is 7. The summed E-state index contributed by atoms with van der Waals surface area (Å²) in [5.41, 5.74) is 0. The van der Waals surface area contributed by atoms with Crippen LogP contribution in [0, 0.1) is 0 Å². The molecule has 54 heavy (non-hydrogen) atoms. The van der Waals surface area contributed by atoms with Gasteiger partial charge < -0.3 is 29.1 Å². The van der Waals surface area contributed by atoms with Gasteiger partial charge in [0.25, 0.3) is 0 Å². The highest BCUT2D eigenvalue weighted by Gasteiger charge is 2.27. The minimum Gasteiger partial charge on any atom is -0.462 e. The van der Waals surface area contributed by atoms with Gasteiger partial charge in [-0.05, 0) is 51.4 Å². The van der Waals surface area contributed by atoms with Gasteiger partial charge in [-0.2, -0.15) is 0 Å². The summed E-state index contributed by atoms with van der Waals surface area (Å²) in [7, 11) is 1.29. The molecule has 0 saturated heterocycles. The highest BCUT2D eigenvalue weighted by molar-refractivity contribution is 7.47. The van der Waals surface area contributed by atoms with Crippen molar-refractivity contribution in [2.45, 2.75) is 161 Å². The van der Waals surface area contributed by atoms with Crippen LogP contribution < -0.4 is 0 Å². The molecule has 0 fully saturated rings. The van der Waals surface area contributed by atoms with Gasteiger partial charge >= 0.3 is 19.8 Å². The number of rotatable bonds is 36. The Kier molecular flexibility index (Phi) is 32.8. The minimum atomic E-state index is -4.45. The monoisotopic (exact) mass is 787 g/mol. The maximum atomic E-state index is 12.7. The first-order valence-electron chi connectivity index (χ1n) is 20.5. The molecule has 0 heterocycles. The molecule has 0 saturated carbocycles. The predicted molar refractivity (Wildman–Crippen MR) is 218 cm³/mol. The summed E-state index contributed by atoms with van der Waals surface area (Å²) < 4.78 is 34.0. The van der Waals surface area contributed by atoms with E-state index in [1.54, 1.807) is 0 Å². The molecule has 0 aliphatic rings. The third-order valence-corrected chi connectivity index (χ3v) is 9.56. The molecule has 0 aromatic rings. The van der Waals surface area contributed by atoms with Crippen molar-refractivity contribution in [2.24, 2.45) is 0 Å². The Hall–Kier alpha value is -2.11. The van der Waals surface area contributed by atoms with Crippen molar-refractivity contribution < 1.29 is 52.3 Å². The molecule has 0 spiro atoms. The molecule has 0 aromatic carbocycles. The van der Waals surface area contributed by atoms with E-state index in [1.165, 1.54) is 44.9 Å². The van der Waals surface area contributed by atoms with E-state index in [-0.39, 0.29) is 45.3 Å². The lowest BCUT2D eigenvalue weighted by molar-refractivity contribution is -0.870. The minimum absolute atomic E-state index is 0.0217. The van der Waals surface area contributed by atoms with Gasteiger partial charge in [0.1, 0.15) is 19.8 Å². The Morgan fingerprint density at radius 2 is 1.17 bits per heavy atom. The van der Waals surface area contributed by atoms with Crippen LogP contribution in [-0.4, -0.2) is 97.3 Å². The van der Waals surface area contributed by atoms with Gasteiger partial charge in [0, 0.05) is 12.8 Å². The number of hydrogen-bond donors (Lipinski definition) is 3. The summed E-state index contributed by atoms with van der Waals surface area (Å²) >= 11 is 0. The van der Waals surface area contributed by atoms with Gasteiger partial charge in [-0.25, -0.2) is 4.57 Å². The SMILES string of the molecule is CC/C=C\C/C=C\C/C=C\C/C=C\C[C@@H](O)[C@H](O)CCCC(=O)O[C@H](COC(=O)CCCCCCCCCCCCC)COP(=O)(O)OCC[N+](C)(C)C. The van der Waals surface area contributed by atoms with Crippen molar-refractivity contribution in [1.82, 2.24) is 0 Å². The first kappa shape index (κ1) is 51.9. The second kappa shape index (κ2) is 34.2. The van der Waals surface area contributed by atoms with Crippen LogP contribution >= 0.6 is 7.82 Å². The summed E-state index contributed by atoms with van der Waals surface area (Å²) in [6, 6.07) is 0. The molecule has 0 bridgehead atoms. The summed E-state index contributed by atoms with van der Waals surface area (Å²) in [6.45, 7) is 3.93. The van der Waals surface area contributed by atoms with Crippen LogP contribution in [0.15, 0.2) is 48.6 Å². The smallest absolute Gasteiger partial charge is 0.462 e. The summed E-state index contributed by atoms with van der Waals surface area (Å²) in [4.78, 5) is 35.3. The number of ether oxygens (including phenoxy) is 2. The van der Waals surface area contributed by atoms with E-state index < -0.39 is 44.7 Å². The molecule has 0 aromatic heterocycles. The maximum absolute atomic E-state index is 12.7. The quantitative estimate of drug-likeness (QED) is 0.0185. The third kappa shape index (κ3) is 35.6. The number of nitrogens with zero attached hydrogens (tertiary/aromatic N) is 1. The molecular weight excluding hydrogens is 709 g/mol. The van der Waals surface area contributed by atoms with Crippen molar-refractivity contribution in [1.29, 1.82) is 0 Å². The van der Waals surface area contributed by atoms with Crippen LogP contribution in [0.1, 0.15) is 142 Å². The van der Waals surface area contributed by atoms with Gasteiger partial charge in [-0.15, -0.1) is 0 Å². The second-order valence-corrected chi connectivity index (χ2v) is 16.4. The Labute approximate surface area is 328 Å². The van der Waals surface area contributed by atoms with Crippen molar-refractivity contribution in [3.63, 3.8) is 0 Å². The molecule has 0 rings (SSSR count). The van der Waals surface area contributed by atoms with Gasteiger partial charge in [0.2, 0.25) is 0 Å². The highest BCUT2D eigenvalue weighted by Crippen LogP contribution is 2.43. The maximum Gasteiger partial charge on any atom is 0.472 e. The fourth-order valence-electron chi connectivity index (χ4n) is 5.22. The van der Waals surface area contributed by atoms with Crippen molar-refractivity contribution >= 4 is 19.8 Å².